The van der Waals surface area contributed by atoms with Crippen molar-refractivity contribution in [2.45, 2.75) is 45.4 Å². The van der Waals surface area contributed by atoms with E-state index in [9.17, 15) is 5.11 Å². The first kappa shape index (κ1) is 11.0. The molecule has 0 aromatic heterocycles. The zero-order chi connectivity index (χ0) is 9.68. The molecule has 2 unspecified atom stereocenters. The van der Waals surface area contributed by atoms with Gasteiger partial charge in [0, 0.05) is 6.54 Å². The van der Waals surface area contributed by atoms with Gasteiger partial charge in [-0.2, -0.15) is 0 Å². The first-order valence-electron chi connectivity index (χ1n) is 5.29. The molecule has 0 amide bonds. The summed E-state index contributed by atoms with van der Waals surface area (Å²) >= 11 is 0. The topological polar surface area (TPSA) is 32.7 Å². The molecule has 0 radical (unpaired) electrons. The SMILES string of the molecule is CCCCCN1CCOC(O)C1C. The van der Waals surface area contributed by atoms with Crippen LogP contribution in [0.1, 0.15) is 33.1 Å². The average Bonchev–Trinajstić information content (AvgIpc) is 2.13. The number of unbranched alkanes of at least 4 members (excludes halogenated alkanes) is 2. The Balaban J connectivity index is 2.23. The summed E-state index contributed by atoms with van der Waals surface area (Å²) in [6, 6.07) is 0.158. The van der Waals surface area contributed by atoms with Crippen LogP contribution in [0.5, 0.6) is 0 Å². The number of aliphatic hydroxyl groups excluding tert-OH is 1. The van der Waals surface area contributed by atoms with E-state index in [2.05, 4.69) is 11.8 Å². The summed E-state index contributed by atoms with van der Waals surface area (Å²) in [5, 5.41) is 9.44. The van der Waals surface area contributed by atoms with Gasteiger partial charge in [0.15, 0.2) is 6.29 Å². The average molecular weight is 187 g/mol. The fourth-order valence-corrected chi connectivity index (χ4v) is 1.69. The summed E-state index contributed by atoms with van der Waals surface area (Å²) in [5.74, 6) is 0. The Labute approximate surface area is 80.7 Å². The van der Waals surface area contributed by atoms with Crippen molar-refractivity contribution in [2.75, 3.05) is 19.7 Å². The molecule has 1 aliphatic heterocycles. The van der Waals surface area contributed by atoms with Crippen LogP contribution in [0.3, 0.4) is 0 Å². The van der Waals surface area contributed by atoms with Crippen LogP contribution in [0.2, 0.25) is 0 Å². The van der Waals surface area contributed by atoms with E-state index >= 15 is 0 Å². The summed E-state index contributed by atoms with van der Waals surface area (Å²) in [6.07, 6.45) is 3.17. The maximum Gasteiger partial charge on any atom is 0.169 e. The van der Waals surface area contributed by atoms with Crippen LogP contribution in [-0.2, 0) is 4.74 Å². The highest BCUT2D eigenvalue weighted by Crippen LogP contribution is 2.12. The molecule has 0 aromatic rings. The minimum Gasteiger partial charge on any atom is -0.367 e. The first-order chi connectivity index (χ1) is 6.25. The molecule has 0 aliphatic carbocycles. The molecular weight excluding hydrogens is 166 g/mol. The molecule has 1 saturated heterocycles. The molecule has 1 N–H and O–H groups in total. The van der Waals surface area contributed by atoms with Gasteiger partial charge in [0.05, 0.1) is 12.6 Å². The smallest absolute Gasteiger partial charge is 0.169 e. The molecule has 0 saturated carbocycles. The third kappa shape index (κ3) is 3.25. The van der Waals surface area contributed by atoms with Crippen LogP contribution in [-0.4, -0.2) is 42.0 Å². The van der Waals surface area contributed by atoms with Crippen LogP contribution in [0.25, 0.3) is 0 Å². The van der Waals surface area contributed by atoms with Crippen LogP contribution in [0, 0.1) is 0 Å². The maximum atomic E-state index is 9.44. The highest BCUT2D eigenvalue weighted by Gasteiger charge is 2.25. The molecule has 1 heterocycles. The largest absolute Gasteiger partial charge is 0.367 e. The number of hydrogen-bond acceptors (Lipinski definition) is 3. The second-order valence-corrected chi connectivity index (χ2v) is 3.75. The van der Waals surface area contributed by atoms with E-state index < -0.39 is 6.29 Å². The lowest BCUT2D eigenvalue weighted by Crippen LogP contribution is -2.49. The van der Waals surface area contributed by atoms with Gasteiger partial charge < -0.3 is 9.84 Å². The zero-order valence-corrected chi connectivity index (χ0v) is 8.70. The van der Waals surface area contributed by atoms with Gasteiger partial charge in [-0.25, -0.2) is 0 Å². The van der Waals surface area contributed by atoms with E-state index in [1.807, 2.05) is 6.92 Å². The van der Waals surface area contributed by atoms with Crippen LogP contribution < -0.4 is 0 Å². The highest BCUT2D eigenvalue weighted by atomic mass is 16.6. The van der Waals surface area contributed by atoms with E-state index in [1.165, 1.54) is 19.3 Å². The minimum absolute atomic E-state index is 0.158. The van der Waals surface area contributed by atoms with Crippen molar-refractivity contribution < 1.29 is 9.84 Å². The first-order valence-corrected chi connectivity index (χ1v) is 5.29. The molecule has 1 aliphatic rings. The summed E-state index contributed by atoms with van der Waals surface area (Å²) in [4.78, 5) is 2.31. The number of nitrogens with zero attached hydrogens (tertiary/aromatic N) is 1. The molecule has 3 heteroatoms. The van der Waals surface area contributed by atoms with Crippen molar-refractivity contribution in [2.24, 2.45) is 0 Å². The Hall–Kier alpha value is -0.120. The Bertz CT molecular complexity index is 141. The second kappa shape index (κ2) is 5.58. The molecular formula is C10H21NO2. The van der Waals surface area contributed by atoms with Gasteiger partial charge in [-0.15, -0.1) is 0 Å². The van der Waals surface area contributed by atoms with Crippen molar-refractivity contribution >= 4 is 0 Å². The number of ether oxygens (including phenoxy) is 1. The number of aliphatic hydroxyl groups is 1. The predicted octanol–water partition coefficient (Wildman–Crippen LogP) is 1.22. The van der Waals surface area contributed by atoms with E-state index in [4.69, 9.17) is 4.74 Å². The quantitative estimate of drug-likeness (QED) is 0.672. The van der Waals surface area contributed by atoms with Crippen molar-refractivity contribution in [3.63, 3.8) is 0 Å². The molecule has 0 spiro atoms. The van der Waals surface area contributed by atoms with Crippen molar-refractivity contribution in [1.82, 2.24) is 4.90 Å². The van der Waals surface area contributed by atoms with Crippen LogP contribution >= 0.6 is 0 Å². The van der Waals surface area contributed by atoms with Crippen molar-refractivity contribution in [3.05, 3.63) is 0 Å². The zero-order valence-electron chi connectivity index (χ0n) is 8.70. The number of hydrogen-bond donors (Lipinski definition) is 1. The summed E-state index contributed by atoms with van der Waals surface area (Å²) in [5.41, 5.74) is 0. The third-order valence-electron chi connectivity index (χ3n) is 2.70. The van der Waals surface area contributed by atoms with Crippen molar-refractivity contribution in [1.29, 1.82) is 0 Å². The van der Waals surface area contributed by atoms with Crippen LogP contribution in [0.4, 0.5) is 0 Å². The van der Waals surface area contributed by atoms with Gasteiger partial charge in [-0.1, -0.05) is 19.8 Å². The monoisotopic (exact) mass is 187 g/mol. The molecule has 1 fully saturated rings. The minimum atomic E-state index is -0.588. The normalized spacial score (nSPS) is 30.7. The van der Waals surface area contributed by atoms with Gasteiger partial charge in [0.2, 0.25) is 0 Å². The lowest BCUT2D eigenvalue weighted by Gasteiger charge is -2.36. The second-order valence-electron chi connectivity index (χ2n) is 3.75. The predicted molar refractivity (Wildman–Crippen MR) is 52.5 cm³/mol. The molecule has 2 atom stereocenters. The fraction of sp³-hybridized carbons (Fsp3) is 1.00. The highest BCUT2D eigenvalue weighted by molar-refractivity contribution is 4.73. The lowest BCUT2D eigenvalue weighted by molar-refractivity contribution is -0.175. The molecule has 3 nitrogen and oxygen atoms in total. The Morgan fingerprint density at radius 3 is 2.92 bits per heavy atom. The van der Waals surface area contributed by atoms with E-state index in [0.29, 0.717) is 6.61 Å². The maximum absolute atomic E-state index is 9.44. The molecule has 78 valence electrons. The van der Waals surface area contributed by atoms with Gasteiger partial charge in [-0.05, 0) is 19.9 Å². The third-order valence-corrected chi connectivity index (χ3v) is 2.70. The number of rotatable bonds is 4. The van der Waals surface area contributed by atoms with E-state index in [-0.39, 0.29) is 6.04 Å². The Morgan fingerprint density at radius 1 is 1.46 bits per heavy atom. The summed E-state index contributed by atoms with van der Waals surface area (Å²) in [7, 11) is 0. The summed E-state index contributed by atoms with van der Waals surface area (Å²) < 4.78 is 5.14. The van der Waals surface area contributed by atoms with E-state index in [1.54, 1.807) is 0 Å². The number of morpholine rings is 1. The van der Waals surface area contributed by atoms with Gasteiger partial charge in [0.25, 0.3) is 0 Å². The Morgan fingerprint density at radius 2 is 2.23 bits per heavy atom. The lowest BCUT2D eigenvalue weighted by atomic mass is 10.2. The van der Waals surface area contributed by atoms with Crippen molar-refractivity contribution in [3.8, 4) is 0 Å². The van der Waals surface area contributed by atoms with E-state index in [0.717, 1.165) is 13.1 Å². The van der Waals surface area contributed by atoms with Gasteiger partial charge in [0.1, 0.15) is 0 Å². The molecule has 0 aromatic carbocycles. The van der Waals surface area contributed by atoms with Gasteiger partial charge >= 0.3 is 0 Å². The molecule has 13 heavy (non-hydrogen) atoms. The van der Waals surface area contributed by atoms with Gasteiger partial charge in [-0.3, -0.25) is 4.90 Å². The molecule has 1 rings (SSSR count). The summed E-state index contributed by atoms with van der Waals surface area (Å²) in [6.45, 7) is 6.95. The van der Waals surface area contributed by atoms with Crippen LogP contribution in [0.15, 0.2) is 0 Å². The molecule has 0 bridgehead atoms. The standard InChI is InChI=1S/C10H21NO2/c1-3-4-5-6-11-7-8-13-10(12)9(11)2/h9-10,12H,3-8H2,1-2H3. The fourth-order valence-electron chi connectivity index (χ4n) is 1.69. The Kier molecular flexibility index (Phi) is 4.70.